The van der Waals surface area contributed by atoms with E-state index in [-0.39, 0.29) is 6.61 Å². The van der Waals surface area contributed by atoms with E-state index in [0.29, 0.717) is 35.7 Å². The van der Waals surface area contributed by atoms with Gasteiger partial charge in [0.05, 0.1) is 6.54 Å². The lowest BCUT2D eigenvalue weighted by atomic mass is 10.3. The smallest absolute Gasteiger partial charge is 0.240 e. The highest BCUT2D eigenvalue weighted by molar-refractivity contribution is 6.30. The van der Waals surface area contributed by atoms with Gasteiger partial charge in [-0.05, 0) is 37.1 Å². The molecule has 3 rings (SSSR count). The maximum absolute atomic E-state index is 9.87. The van der Waals surface area contributed by atoms with Gasteiger partial charge in [-0.1, -0.05) is 16.8 Å². The molecule has 1 fully saturated rings. The van der Waals surface area contributed by atoms with E-state index in [2.05, 4.69) is 15.5 Å². The van der Waals surface area contributed by atoms with Crippen LogP contribution >= 0.6 is 11.6 Å². The quantitative estimate of drug-likeness (QED) is 0.774. The highest BCUT2D eigenvalue weighted by Gasteiger charge is 2.28. The number of aliphatic hydroxyl groups is 1. The van der Waals surface area contributed by atoms with E-state index in [4.69, 9.17) is 20.9 Å². The van der Waals surface area contributed by atoms with Crippen molar-refractivity contribution >= 4 is 11.6 Å². The minimum Gasteiger partial charge on any atom is -0.491 e. The Bertz CT molecular complexity index is 598. The minimum atomic E-state index is -0.624. The van der Waals surface area contributed by atoms with Crippen LogP contribution in [0.25, 0.3) is 0 Å². The van der Waals surface area contributed by atoms with Crippen LogP contribution in [-0.4, -0.2) is 34.5 Å². The second kappa shape index (κ2) is 7.09. The van der Waals surface area contributed by atoms with Crippen molar-refractivity contribution in [2.24, 2.45) is 0 Å². The van der Waals surface area contributed by atoms with Crippen molar-refractivity contribution in [1.29, 1.82) is 0 Å². The standard InChI is InChI=1S/C15H18ClN3O3/c16-11-3-5-13(6-4-11)21-9-12(20)7-17-8-14-18-15(19-22-14)10-1-2-10/h3-6,10,12,17,20H,1-2,7-9H2/t12-/m1/s1. The second-order valence-electron chi connectivity index (χ2n) is 5.37. The van der Waals surface area contributed by atoms with Crippen molar-refractivity contribution < 1.29 is 14.4 Å². The van der Waals surface area contributed by atoms with Gasteiger partial charge in [-0.3, -0.25) is 0 Å². The predicted molar refractivity (Wildman–Crippen MR) is 80.9 cm³/mol. The molecule has 0 saturated heterocycles. The lowest BCUT2D eigenvalue weighted by molar-refractivity contribution is 0.105. The van der Waals surface area contributed by atoms with Crippen molar-refractivity contribution in [2.75, 3.05) is 13.2 Å². The van der Waals surface area contributed by atoms with Gasteiger partial charge in [0.25, 0.3) is 0 Å². The summed E-state index contributed by atoms with van der Waals surface area (Å²) in [4.78, 5) is 4.31. The van der Waals surface area contributed by atoms with Crippen LogP contribution in [0.4, 0.5) is 0 Å². The summed E-state index contributed by atoms with van der Waals surface area (Å²) in [6, 6.07) is 7.02. The van der Waals surface area contributed by atoms with Gasteiger partial charge in [-0.2, -0.15) is 4.98 Å². The van der Waals surface area contributed by atoms with Gasteiger partial charge in [0, 0.05) is 17.5 Å². The number of aromatic nitrogens is 2. The molecule has 6 nitrogen and oxygen atoms in total. The third-order valence-electron chi connectivity index (χ3n) is 3.34. The molecule has 1 aromatic heterocycles. The topological polar surface area (TPSA) is 80.4 Å². The molecule has 0 unspecified atom stereocenters. The molecule has 118 valence electrons. The summed E-state index contributed by atoms with van der Waals surface area (Å²) in [6.45, 7) is 1.03. The Morgan fingerprint density at radius 1 is 1.36 bits per heavy atom. The van der Waals surface area contributed by atoms with E-state index in [0.717, 1.165) is 18.7 Å². The summed E-state index contributed by atoms with van der Waals surface area (Å²) >= 11 is 5.79. The maximum atomic E-state index is 9.87. The Hall–Kier alpha value is -1.63. The zero-order valence-corrected chi connectivity index (χ0v) is 12.8. The lowest BCUT2D eigenvalue weighted by Gasteiger charge is -2.12. The fourth-order valence-electron chi connectivity index (χ4n) is 1.98. The SMILES string of the molecule is O[C@H](CNCc1nc(C2CC2)no1)COc1ccc(Cl)cc1. The number of benzene rings is 1. The molecule has 1 saturated carbocycles. The zero-order chi connectivity index (χ0) is 15.4. The molecule has 2 aromatic rings. The number of hydrogen-bond acceptors (Lipinski definition) is 6. The Labute approximate surface area is 133 Å². The third kappa shape index (κ3) is 4.43. The van der Waals surface area contributed by atoms with Crippen molar-refractivity contribution in [1.82, 2.24) is 15.5 Å². The summed E-state index contributed by atoms with van der Waals surface area (Å²) in [5.74, 6) is 2.50. The molecule has 0 bridgehead atoms. The number of aliphatic hydroxyl groups excluding tert-OH is 1. The van der Waals surface area contributed by atoms with E-state index in [1.165, 1.54) is 0 Å². The van der Waals surface area contributed by atoms with Crippen molar-refractivity contribution in [3.05, 3.63) is 41.0 Å². The Balaban J connectivity index is 1.34. The van der Waals surface area contributed by atoms with Gasteiger partial charge < -0.3 is 19.7 Å². The molecule has 0 amide bonds. The summed E-state index contributed by atoms with van der Waals surface area (Å²) < 4.78 is 10.6. The van der Waals surface area contributed by atoms with Crippen molar-refractivity contribution in [3.63, 3.8) is 0 Å². The number of nitrogens with zero attached hydrogens (tertiary/aromatic N) is 2. The number of halogens is 1. The Kier molecular flexibility index (Phi) is 4.92. The number of nitrogens with one attached hydrogen (secondary N) is 1. The second-order valence-corrected chi connectivity index (χ2v) is 5.81. The number of rotatable bonds is 8. The van der Waals surface area contributed by atoms with Gasteiger partial charge in [-0.15, -0.1) is 0 Å². The third-order valence-corrected chi connectivity index (χ3v) is 3.59. The largest absolute Gasteiger partial charge is 0.491 e. The van der Waals surface area contributed by atoms with Gasteiger partial charge in [0.15, 0.2) is 5.82 Å². The van der Waals surface area contributed by atoms with Crippen molar-refractivity contribution in [3.8, 4) is 5.75 Å². The van der Waals surface area contributed by atoms with E-state index in [1.807, 2.05) is 0 Å². The molecule has 1 aromatic carbocycles. The van der Waals surface area contributed by atoms with Crippen LogP contribution in [0.1, 0.15) is 30.5 Å². The van der Waals surface area contributed by atoms with Crippen molar-refractivity contribution in [2.45, 2.75) is 31.4 Å². The summed E-state index contributed by atoms with van der Waals surface area (Å²) in [7, 11) is 0. The molecule has 0 radical (unpaired) electrons. The first kappa shape index (κ1) is 15.3. The van der Waals surface area contributed by atoms with E-state index < -0.39 is 6.10 Å². The average molecular weight is 324 g/mol. The van der Waals surface area contributed by atoms with Crippen LogP contribution in [0, 0.1) is 0 Å². The molecule has 2 N–H and O–H groups in total. The van der Waals surface area contributed by atoms with Crippen LogP contribution in [0.5, 0.6) is 5.75 Å². The monoisotopic (exact) mass is 323 g/mol. The van der Waals surface area contributed by atoms with Gasteiger partial charge in [0.2, 0.25) is 5.89 Å². The van der Waals surface area contributed by atoms with Crippen LogP contribution in [-0.2, 0) is 6.54 Å². The zero-order valence-electron chi connectivity index (χ0n) is 12.0. The molecular formula is C15H18ClN3O3. The highest BCUT2D eigenvalue weighted by atomic mass is 35.5. The average Bonchev–Trinajstić information content (AvgIpc) is 3.26. The van der Waals surface area contributed by atoms with Gasteiger partial charge in [0.1, 0.15) is 18.5 Å². The summed E-state index contributed by atoms with van der Waals surface area (Å²) in [5.41, 5.74) is 0. The Morgan fingerprint density at radius 2 is 2.14 bits per heavy atom. The predicted octanol–water partition coefficient (Wildman–Crippen LogP) is 2.13. The molecule has 0 spiro atoms. The normalized spacial score (nSPS) is 15.7. The molecule has 1 atom stereocenters. The van der Waals surface area contributed by atoms with Crippen LogP contribution in [0.15, 0.2) is 28.8 Å². The summed E-state index contributed by atoms with van der Waals surface area (Å²) in [6.07, 6.45) is 1.67. The van der Waals surface area contributed by atoms with Gasteiger partial charge in [-0.25, -0.2) is 0 Å². The first-order chi connectivity index (χ1) is 10.7. The first-order valence-corrected chi connectivity index (χ1v) is 7.68. The van der Waals surface area contributed by atoms with E-state index >= 15 is 0 Å². The van der Waals surface area contributed by atoms with Crippen LogP contribution in [0.2, 0.25) is 5.02 Å². The molecule has 0 aliphatic heterocycles. The highest BCUT2D eigenvalue weighted by Crippen LogP contribution is 2.37. The Morgan fingerprint density at radius 3 is 2.86 bits per heavy atom. The maximum Gasteiger partial charge on any atom is 0.240 e. The number of ether oxygens (including phenoxy) is 1. The fraction of sp³-hybridized carbons (Fsp3) is 0.467. The molecule has 22 heavy (non-hydrogen) atoms. The molecule has 1 aliphatic rings. The van der Waals surface area contributed by atoms with Crippen LogP contribution in [0.3, 0.4) is 0 Å². The van der Waals surface area contributed by atoms with E-state index in [1.54, 1.807) is 24.3 Å². The van der Waals surface area contributed by atoms with Gasteiger partial charge >= 0.3 is 0 Å². The number of hydrogen-bond donors (Lipinski definition) is 2. The van der Waals surface area contributed by atoms with E-state index in [9.17, 15) is 5.11 Å². The first-order valence-electron chi connectivity index (χ1n) is 7.30. The summed E-state index contributed by atoms with van der Waals surface area (Å²) in [5, 5.41) is 17.5. The molecule has 7 heteroatoms. The minimum absolute atomic E-state index is 0.200. The fourth-order valence-corrected chi connectivity index (χ4v) is 2.10. The van der Waals surface area contributed by atoms with Crippen LogP contribution < -0.4 is 10.1 Å². The molecule has 1 aliphatic carbocycles. The lowest BCUT2D eigenvalue weighted by Crippen LogP contribution is -2.31. The molecular weight excluding hydrogens is 306 g/mol. The molecule has 1 heterocycles.